The number of carbonyl (C=O) groups is 1. The Kier molecular flexibility index (Phi) is 5.48. The molecule has 0 fully saturated rings. The van der Waals surface area contributed by atoms with E-state index in [9.17, 15) is 4.79 Å². The van der Waals surface area contributed by atoms with E-state index in [2.05, 4.69) is 10.6 Å². The molecule has 0 aromatic heterocycles. The molecule has 0 heterocycles. The third-order valence-corrected chi connectivity index (χ3v) is 3.70. The Morgan fingerprint density at radius 3 is 2.57 bits per heavy atom. The smallest absolute Gasteiger partial charge is 0.224 e. The molecule has 0 radical (unpaired) electrons. The van der Waals surface area contributed by atoms with Gasteiger partial charge in [-0.15, -0.1) is 0 Å². The number of carbonyl (C=O) groups excluding carboxylic acids is 1. The predicted molar refractivity (Wildman–Crippen MR) is 89.2 cm³/mol. The summed E-state index contributed by atoms with van der Waals surface area (Å²) in [7, 11) is 0. The Labute approximate surface area is 134 Å². The van der Waals surface area contributed by atoms with Crippen molar-refractivity contribution in [3.63, 3.8) is 0 Å². The molecule has 21 heavy (non-hydrogen) atoms. The van der Waals surface area contributed by atoms with Crippen LogP contribution in [0.5, 0.6) is 0 Å². The summed E-state index contributed by atoms with van der Waals surface area (Å²) in [5.41, 5.74) is 2.46. The maximum absolute atomic E-state index is 11.4. The zero-order valence-electron chi connectivity index (χ0n) is 11.6. The first-order valence-corrected chi connectivity index (χ1v) is 7.42. The molecule has 0 saturated heterocycles. The fraction of sp³-hybridized carbons (Fsp3) is 0.188. The van der Waals surface area contributed by atoms with Crippen molar-refractivity contribution in [2.45, 2.75) is 19.9 Å². The van der Waals surface area contributed by atoms with Crippen LogP contribution in [-0.2, 0) is 11.3 Å². The van der Waals surface area contributed by atoms with Crippen LogP contribution in [0.15, 0.2) is 42.5 Å². The lowest BCUT2D eigenvalue weighted by atomic mass is 10.2. The van der Waals surface area contributed by atoms with Gasteiger partial charge in [0.1, 0.15) is 0 Å². The number of rotatable bonds is 5. The van der Waals surface area contributed by atoms with Crippen LogP contribution in [0.3, 0.4) is 0 Å². The first-order valence-electron chi connectivity index (χ1n) is 6.67. The second-order valence-electron chi connectivity index (χ2n) is 4.54. The highest BCUT2D eigenvalue weighted by atomic mass is 35.5. The van der Waals surface area contributed by atoms with Crippen LogP contribution in [0.2, 0.25) is 10.0 Å². The lowest BCUT2D eigenvalue weighted by Crippen LogP contribution is -2.10. The molecule has 0 saturated carbocycles. The van der Waals surface area contributed by atoms with Crippen molar-refractivity contribution in [3.8, 4) is 0 Å². The molecule has 0 unspecified atom stereocenters. The van der Waals surface area contributed by atoms with Crippen molar-refractivity contribution in [3.05, 3.63) is 58.1 Å². The first kappa shape index (κ1) is 15.7. The van der Waals surface area contributed by atoms with Crippen LogP contribution in [0.1, 0.15) is 18.9 Å². The Morgan fingerprint density at radius 2 is 1.86 bits per heavy atom. The van der Waals surface area contributed by atoms with Crippen LogP contribution < -0.4 is 10.6 Å². The lowest BCUT2D eigenvalue weighted by molar-refractivity contribution is -0.115. The van der Waals surface area contributed by atoms with Gasteiger partial charge >= 0.3 is 0 Å². The van der Waals surface area contributed by atoms with Crippen molar-refractivity contribution >= 4 is 40.5 Å². The molecule has 0 aliphatic rings. The van der Waals surface area contributed by atoms with Gasteiger partial charge in [-0.1, -0.05) is 48.3 Å². The predicted octanol–water partition coefficient (Wildman–Crippen LogP) is 4.95. The average molecular weight is 323 g/mol. The van der Waals surface area contributed by atoms with Gasteiger partial charge in [0.2, 0.25) is 5.91 Å². The van der Waals surface area contributed by atoms with E-state index in [4.69, 9.17) is 23.2 Å². The third-order valence-electron chi connectivity index (χ3n) is 3.00. The average Bonchev–Trinajstić information content (AvgIpc) is 2.49. The Bertz CT molecular complexity index is 644. The number of benzene rings is 2. The zero-order chi connectivity index (χ0) is 15.2. The summed E-state index contributed by atoms with van der Waals surface area (Å²) < 4.78 is 0. The monoisotopic (exact) mass is 322 g/mol. The van der Waals surface area contributed by atoms with Gasteiger partial charge in [0, 0.05) is 23.7 Å². The van der Waals surface area contributed by atoms with Gasteiger partial charge in [-0.25, -0.2) is 0 Å². The number of halogens is 2. The van der Waals surface area contributed by atoms with Crippen LogP contribution in [0.4, 0.5) is 11.4 Å². The van der Waals surface area contributed by atoms with Crippen LogP contribution in [0, 0.1) is 0 Å². The molecule has 0 atom stereocenters. The minimum atomic E-state index is -0.0330. The largest absolute Gasteiger partial charge is 0.380 e. The minimum absolute atomic E-state index is 0.0330. The van der Waals surface area contributed by atoms with Crippen LogP contribution in [-0.4, -0.2) is 5.91 Å². The van der Waals surface area contributed by atoms with E-state index in [0.29, 0.717) is 28.7 Å². The van der Waals surface area contributed by atoms with Gasteiger partial charge in [0.25, 0.3) is 0 Å². The number of hydrogen-bond donors (Lipinski definition) is 2. The van der Waals surface area contributed by atoms with Crippen molar-refractivity contribution in [2.24, 2.45) is 0 Å². The van der Waals surface area contributed by atoms with Gasteiger partial charge in [0.15, 0.2) is 0 Å². The molecule has 3 nitrogen and oxygen atoms in total. The minimum Gasteiger partial charge on any atom is -0.380 e. The molecule has 110 valence electrons. The second kappa shape index (κ2) is 7.34. The molecule has 2 N–H and O–H groups in total. The van der Waals surface area contributed by atoms with E-state index in [-0.39, 0.29) is 5.91 Å². The van der Waals surface area contributed by atoms with Crippen molar-refractivity contribution in [1.29, 1.82) is 0 Å². The molecule has 2 rings (SSSR count). The van der Waals surface area contributed by atoms with E-state index in [1.54, 1.807) is 12.1 Å². The van der Waals surface area contributed by atoms with Crippen molar-refractivity contribution in [1.82, 2.24) is 0 Å². The lowest BCUT2D eigenvalue weighted by Gasteiger charge is -2.12. The third kappa shape index (κ3) is 4.38. The molecular formula is C16H16Cl2N2O. The van der Waals surface area contributed by atoms with E-state index >= 15 is 0 Å². The van der Waals surface area contributed by atoms with E-state index in [1.165, 1.54) is 0 Å². The summed E-state index contributed by atoms with van der Waals surface area (Å²) in [6, 6.07) is 13.0. The molecule has 2 aromatic rings. The van der Waals surface area contributed by atoms with Crippen LogP contribution in [0.25, 0.3) is 0 Å². The van der Waals surface area contributed by atoms with Gasteiger partial charge in [-0.05, 0) is 29.8 Å². The summed E-state index contributed by atoms with van der Waals surface area (Å²) in [4.78, 5) is 11.4. The van der Waals surface area contributed by atoms with E-state index in [1.807, 2.05) is 37.3 Å². The molecule has 0 aliphatic carbocycles. The summed E-state index contributed by atoms with van der Waals surface area (Å²) >= 11 is 12.3. The first-order chi connectivity index (χ1) is 10.1. The van der Waals surface area contributed by atoms with E-state index in [0.717, 1.165) is 11.3 Å². The molecule has 5 heteroatoms. The molecule has 0 aliphatic heterocycles. The molecular weight excluding hydrogens is 307 g/mol. The summed E-state index contributed by atoms with van der Waals surface area (Å²) in [5.74, 6) is -0.0330. The summed E-state index contributed by atoms with van der Waals surface area (Å²) in [6.07, 6.45) is 0.436. The Morgan fingerprint density at radius 1 is 1.10 bits per heavy atom. The Balaban J connectivity index is 2.10. The number of amides is 1. The Hall–Kier alpha value is -1.71. The molecule has 0 spiro atoms. The van der Waals surface area contributed by atoms with Crippen molar-refractivity contribution < 1.29 is 4.79 Å². The maximum Gasteiger partial charge on any atom is 0.224 e. The highest BCUT2D eigenvalue weighted by molar-refractivity contribution is 6.33. The van der Waals surface area contributed by atoms with Crippen molar-refractivity contribution in [2.75, 3.05) is 10.6 Å². The quantitative estimate of drug-likeness (QED) is 0.817. The number of anilines is 2. The summed E-state index contributed by atoms with van der Waals surface area (Å²) in [5, 5.41) is 7.34. The molecule has 0 bridgehead atoms. The normalized spacial score (nSPS) is 10.2. The van der Waals surface area contributed by atoms with E-state index < -0.39 is 0 Å². The van der Waals surface area contributed by atoms with Gasteiger partial charge in [-0.3, -0.25) is 4.79 Å². The maximum atomic E-state index is 11.4. The molecule has 1 amide bonds. The van der Waals surface area contributed by atoms with Gasteiger partial charge < -0.3 is 10.6 Å². The highest BCUT2D eigenvalue weighted by Crippen LogP contribution is 2.27. The van der Waals surface area contributed by atoms with Gasteiger partial charge in [0.05, 0.1) is 10.7 Å². The molecule has 2 aromatic carbocycles. The van der Waals surface area contributed by atoms with Crippen LogP contribution >= 0.6 is 23.2 Å². The topological polar surface area (TPSA) is 41.1 Å². The standard InChI is InChI=1S/C16H16Cl2N2O/c1-2-16(21)20-12-7-8-14(18)15(9-12)19-10-11-5-3-4-6-13(11)17/h3-9,19H,2,10H2,1H3,(H,20,21). The second-order valence-corrected chi connectivity index (χ2v) is 5.36. The SMILES string of the molecule is CCC(=O)Nc1ccc(Cl)c(NCc2ccccc2Cl)c1. The fourth-order valence-corrected chi connectivity index (χ4v) is 2.21. The fourth-order valence-electron chi connectivity index (χ4n) is 1.82. The zero-order valence-corrected chi connectivity index (χ0v) is 13.1. The van der Waals surface area contributed by atoms with Gasteiger partial charge in [-0.2, -0.15) is 0 Å². The highest BCUT2D eigenvalue weighted by Gasteiger charge is 2.05. The summed E-state index contributed by atoms with van der Waals surface area (Å²) in [6.45, 7) is 2.37. The number of hydrogen-bond acceptors (Lipinski definition) is 2. The number of nitrogens with one attached hydrogen (secondary N) is 2.